The van der Waals surface area contributed by atoms with Crippen LogP contribution in [0.1, 0.15) is 15.9 Å². The average Bonchev–Trinajstić information content (AvgIpc) is 2.72. The number of carbonyl (C=O) groups is 2. The van der Waals surface area contributed by atoms with E-state index in [2.05, 4.69) is 20.4 Å². The molecule has 0 aliphatic heterocycles. The van der Waals surface area contributed by atoms with Crippen LogP contribution in [0.15, 0.2) is 47.4 Å². The highest BCUT2D eigenvalue weighted by Gasteiger charge is 2.28. The number of amides is 2. The molecule has 0 saturated carbocycles. The minimum atomic E-state index is -4.14. The molecular weight excluding hydrogens is 450 g/mol. The van der Waals surface area contributed by atoms with Crippen LogP contribution in [0.3, 0.4) is 0 Å². The lowest BCUT2D eigenvalue weighted by Crippen LogP contribution is -2.50. The molecule has 32 heavy (non-hydrogen) atoms. The van der Waals surface area contributed by atoms with Crippen molar-refractivity contribution in [1.82, 2.24) is 15.6 Å². The molecule has 2 amide bonds. The summed E-state index contributed by atoms with van der Waals surface area (Å²) in [6.45, 7) is -3.60. The lowest BCUT2D eigenvalue weighted by atomic mass is 10.2. The summed E-state index contributed by atoms with van der Waals surface area (Å²) < 4.78 is 54.9. The summed E-state index contributed by atoms with van der Waals surface area (Å²) in [6, 6.07) is 7.55. The third kappa shape index (κ3) is 7.47. The Kier molecular flexibility index (Phi) is 8.42. The predicted molar refractivity (Wildman–Crippen MR) is 108 cm³/mol. The maximum absolute atomic E-state index is 12.7. The van der Waals surface area contributed by atoms with E-state index >= 15 is 0 Å². The molecule has 13 heteroatoms. The summed E-state index contributed by atoms with van der Waals surface area (Å²) >= 11 is 0. The van der Waals surface area contributed by atoms with Gasteiger partial charge in [-0.3, -0.25) is 14.4 Å². The van der Waals surface area contributed by atoms with Gasteiger partial charge in [-0.25, -0.2) is 8.42 Å². The van der Waals surface area contributed by atoms with E-state index in [0.717, 1.165) is 12.3 Å². The van der Waals surface area contributed by atoms with Gasteiger partial charge >= 0.3 is 6.61 Å². The van der Waals surface area contributed by atoms with Gasteiger partial charge in [0, 0.05) is 17.8 Å². The van der Waals surface area contributed by atoms with Crippen LogP contribution in [0.2, 0.25) is 0 Å². The van der Waals surface area contributed by atoms with Crippen molar-refractivity contribution >= 4 is 21.7 Å². The summed E-state index contributed by atoms with van der Waals surface area (Å²) in [5.74, 6) is -3.76. The monoisotopic (exact) mass is 468 g/mol. The number of benzene rings is 1. The molecule has 1 atom stereocenters. The van der Waals surface area contributed by atoms with Gasteiger partial charge in [0.2, 0.25) is 11.5 Å². The van der Waals surface area contributed by atoms with Crippen molar-refractivity contribution in [2.24, 2.45) is 0 Å². The Morgan fingerprint density at radius 1 is 1.19 bits per heavy atom. The fourth-order valence-electron chi connectivity index (χ4n) is 2.61. The number of pyridine rings is 1. The van der Waals surface area contributed by atoms with Crippen LogP contribution in [-0.2, 0) is 20.4 Å². The number of para-hydroxylation sites is 1. The van der Waals surface area contributed by atoms with E-state index in [9.17, 15) is 31.6 Å². The number of aromatic amines is 1. The summed E-state index contributed by atoms with van der Waals surface area (Å²) in [5, 5.41) is 13.0. The number of hydrogen-bond acceptors (Lipinski definition) is 7. The number of H-pyrrole nitrogens is 1. The molecule has 1 aromatic carbocycles. The highest BCUT2D eigenvalue weighted by molar-refractivity contribution is 7.90. The number of rotatable bonds is 10. The van der Waals surface area contributed by atoms with Crippen molar-refractivity contribution < 1.29 is 31.5 Å². The van der Waals surface area contributed by atoms with Gasteiger partial charge in [0.25, 0.3) is 5.91 Å². The van der Waals surface area contributed by atoms with E-state index in [1.807, 2.05) is 0 Å². The van der Waals surface area contributed by atoms with Gasteiger partial charge in [-0.05, 0) is 12.1 Å². The number of sulfone groups is 1. The molecular formula is C19H18F2N4O6S. The third-order valence-electron chi connectivity index (χ3n) is 3.99. The number of nitrogens with one attached hydrogen (secondary N) is 3. The number of nitriles is 1. The number of nitrogens with zero attached hydrogens (tertiary/aromatic N) is 1. The van der Waals surface area contributed by atoms with Crippen molar-refractivity contribution in [1.29, 1.82) is 5.26 Å². The Morgan fingerprint density at radius 2 is 1.91 bits per heavy atom. The molecule has 0 aliphatic carbocycles. The smallest absolute Gasteiger partial charge is 0.387 e. The van der Waals surface area contributed by atoms with Crippen LogP contribution in [0, 0.1) is 11.3 Å². The second kappa shape index (κ2) is 11.0. The molecule has 0 fully saturated rings. The first-order valence-electron chi connectivity index (χ1n) is 8.98. The minimum absolute atomic E-state index is 0.0456. The minimum Gasteiger partial charge on any atom is -0.435 e. The lowest BCUT2D eigenvalue weighted by Gasteiger charge is -2.18. The van der Waals surface area contributed by atoms with Gasteiger partial charge in [0.15, 0.2) is 9.84 Å². The number of halogens is 2. The van der Waals surface area contributed by atoms with Crippen molar-refractivity contribution in [3.8, 4) is 11.8 Å². The number of alkyl halides is 2. The molecule has 0 bridgehead atoms. The summed E-state index contributed by atoms with van der Waals surface area (Å²) in [6.07, 6.45) is 1.08. The maximum Gasteiger partial charge on any atom is 0.387 e. The molecule has 0 spiro atoms. The summed E-state index contributed by atoms with van der Waals surface area (Å²) in [7, 11) is -4.14. The SMILES string of the molecule is N#CCNC(=O)[C@H](CS(=O)(=O)Cc1ccccc1OC(F)F)NC(=O)c1ccc(=O)[nH]c1. The molecule has 3 N–H and O–H groups in total. The number of hydrogen-bond donors (Lipinski definition) is 3. The second-order valence-electron chi connectivity index (χ2n) is 6.38. The molecule has 170 valence electrons. The Hall–Kier alpha value is -3.79. The topological polar surface area (TPSA) is 158 Å². The van der Waals surface area contributed by atoms with Crippen LogP contribution in [0.5, 0.6) is 5.75 Å². The first-order chi connectivity index (χ1) is 15.1. The van der Waals surface area contributed by atoms with Gasteiger partial charge in [-0.15, -0.1) is 0 Å². The molecule has 0 saturated heterocycles. The molecule has 0 aliphatic rings. The normalized spacial score (nSPS) is 11.9. The quantitative estimate of drug-likeness (QED) is 0.424. The van der Waals surface area contributed by atoms with Gasteiger partial charge in [-0.2, -0.15) is 14.0 Å². The first-order valence-corrected chi connectivity index (χ1v) is 10.8. The Labute approximate surface area is 181 Å². The number of carbonyl (C=O) groups excluding carboxylic acids is 2. The summed E-state index contributed by atoms with van der Waals surface area (Å²) in [5.41, 5.74) is -0.580. The van der Waals surface area contributed by atoms with Gasteiger partial charge in [-0.1, -0.05) is 18.2 Å². The Morgan fingerprint density at radius 3 is 2.53 bits per heavy atom. The number of aromatic nitrogens is 1. The van der Waals surface area contributed by atoms with Crippen LogP contribution >= 0.6 is 0 Å². The fourth-order valence-corrected chi connectivity index (χ4v) is 4.18. The second-order valence-corrected chi connectivity index (χ2v) is 8.49. The molecule has 0 radical (unpaired) electrons. The summed E-state index contributed by atoms with van der Waals surface area (Å²) in [4.78, 5) is 38.1. The van der Waals surface area contributed by atoms with Gasteiger partial charge < -0.3 is 20.4 Å². The van der Waals surface area contributed by atoms with Crippen molar-refractivity contribution in [2.45, 2.75) is 18.4 Å². The Balaban J connectivity index is 2.23. The largest absolute Gasteiger partial charge is 0.435 e. The van der Waals surface area contributed by atoms with Crippen molar-refractivity contribution in [3.05, 3.63) is 64.1 Å². The van der Waals surface area contributed by atoms with E-state index < -0.39 is 57.9 Å². The highest BCUT2D eigenvalue weighted by Crippen LogP contribution is 2.23. The van der Waals surface area contributed by atoms with Crippen LogP contribution in [0.4, 0.5) is 8.78 Å². The van der Waals surface area contributed by atoms with E-state index in [1.165, 1.54) is 30.3 Å². The Bertz CT molecular complexity index is 1160. The van der Waals surface area contributed by atoms with Crippen LogP contribution in [-0.4, -0.2) is 50.2 Å². The van der Waals surface area contributed by atoms with E-state index in [1.54, 1.807) is 6.07 Å². The highest BCUT2D eigenvalue weighted by atomic mass is 32.2. The van der Waals surface area contributed by atoms with Crippen molar-refractivity contribution in [2.75, 3.05) is 12.3 Å². The fraction of sp³-hybridized carbons (Fsp3) is 0.263. The average molecular weight is 468 g/mol. The lowest BCUT2D eigenvalue weighted by molar-refractivity contribution is -0.122. The van der Waals surface area contributed by atoms with E-state index in [4.69, 9.17) is 5.26 Å². The standard InChI is InChI=1S/C19H18F2N4O6S/c20-19(21)31-15-4-2-1-3-13(15)10-32(29,30)11-14(18(28)23-8-7-22)25-17(27)12-5-6-16(26)24-9-12/h1-6,9,14,19H,8,10-11H2,(H,23,28)(H,24,26)(H,25,27)/t14-/m0/s1. The first kappa shape index (κ1) is 24.5. The van der Waals surface area contributed by atoms with Crippen molar-refractivity contribution in [3.63, 3.8) is 0 Å². The van der Waals surface area contributed by atoms with Crippen LogP contribution < -0.4 is 20.9 Å². The molecule has 0 unspecified atom stereocenters. The van der Waals surface area contributed by atoms with E-state index in [-0.39, 0.29) is 16.9 Å². The van der Waals surface area contributed by atoms with Gasteiger partial charge in [0.1, 0.15) is 18.3 Å². The number of ether oxygens (including phenoxy) is 1. The molecule has 10 nitrogen and oxygen atoms in total. The zero-order chi connectivity index (χ0) is 23.7. The molecule has 2 rings (SSSR count). The van der Waals surface area contributed by atoms with Crippen LogP contribution in [0.25, 0.3) is 0 Å². The molecule has 1 aromatic heterocycles. The predicted octanol–water partition coefficient (Wildman–Crippen LogP) is 0.329. The van der Waals surface area contributed by atoms with E-state index in [0.29, 0.717) is 0 Å². The van der Waals surface area contributed by atoms with Gasteiger partial charge in [0.05, 0.1) is 23.1 Å². The zero-order valence-electron chi connectivity index (χ0n) is 16.4. The zero-order valence-corrected chi connectivity index (χ0v) is 17.2. The third-order valence-corrected chi connectivity index (χ3v) is 5.59. The molecule has 2 aromatic rings. The molecule has 1 heterocycles. The maximum atomic E-state index is 12.7.